The molecule has 1 aromatic carbocycles. The van der Waals surface area contributed by atoms with E-state index in [9.17, 15) is 4.79 Å². The zero-order chi connectivity index (χ0) is 13.8. The van der Waals surface area contributed by atoms with E-state index in [4.69, 9.17) is 5.73 Å². The van der Waals surface area contributed by atoms with Gasteiger partial charge in [-0.3, -0.25) is 9.48 Å². The number of aromatic nitrogens is 2. The first-order valence-corrected chi connectivity index (χ1v) is 6.87. The third kappa shape index (κ3) is 3.01. The number of rotatable bonds is 6. The maximum atomic E-state index is 12.0. The van der Waals surface area contributed by atoms with Crippen LogP contribution in [0.1, 0.15) is 32.4 Å². The Hall–Kier alpha value is -1.68. The molecule has 2 N–H and O–H groups in total. The molecule has 4 heteroatoms. The Morgan fingerprint density at radius 3 is 2.79 bits per heavy atom. The average molecular weight is 259 g/mol. The average Bonchev–Trinajstić information content (AvgIpc) is 2.77. The van der Waals surface area contributed by atoms with Gasteiger partial charge < -0.3 is 5.73 Å². The second kappa shape index (κ2) is 5.97. The molecule has 0 saturated carbocycles. The minimum atomic E-state index is -0.0352. The van der Waals surface area contributed by atoms with Crippen LogP contribution in [0.5, 0.6) is 0 Å². The normalized spacial score (nSPS) is 12.8. The van der Waals surface area contributed by atoms with Crippen molar-refractivity contribution in [2.75, 3.05) is 0 Å². The second-order valence-electron chi connectivity index (χ2n) is 4.87. The maximum Gasteiger partial charge on any atom is 0.140 e. The van der Waals surface area contributed by atoms with Crippen molar-refractivity contribution in [1.82, 2.24) is 9.78 Å². The van der Waals surface area contributed by atoms with Crippen LogP contribution in [0.4, 0.5) is 0 Å². The van der Waals surface area contributed by atoms with Crippen LogP contribution < -0.4 is 5.73 Å². The standard InChI is InChI=1S/C15H21N3O/c1-3-11(16)9-12(19)10-14-13-7-5-6-8-15(13)18(4-2)17-14/h5-8,11H,3-4,9-10,16H2,1-2H3. The van der Waals surface area contributed by atoms with E-state index in [0.717, 1.165) is 29.6 Å². The molecular weight excluding hydrogens is 238 g/mol. The van der Waals surface area contributed by atoms with Gasteiger partial charge in [-0.15, -0.1) is 0 Å². The topological polar surface area (TPSA) is 60.9 Å². The van der Waals surface area contributed by atoms with Gasteiger partial charge in [0.25, 0.3) is 0 Å². The molecule has 0 bridgehead atoms. The van der Waals surface area contributed by atoms with Crippen LogP contribution in [-0.4, -0.2) is 21.6 Å². The molecule has 1 aromatic heterocycles. The SMILES string of the molecule is CCC(N)CC(=O)Cc1nn(CC)c2ccccc12. The number of hydrogen-bond donors (Lipinski definition) is 1. The molecule has 0 saturated heterocycles. The van der Waals surface area contributed by atoms with Gasteiger partial charge in [0.05, 0.1) is 17.6 Å². The van der Waals surface area contributed by atoms with Gasteiger partial charge in [-0.1, -0.05) is 25.1 Å². The van der Waals surface area contributed by atoms with Crippen LogP contribution in [0.25, 0.3) is 10.9 Å². The number of hydrogen-bond acceptors (Lipinski definition) is 3. The molecule has 0 radical (unpaired) electrons. The molecule has 2 rings (SSSR count). The number of benzene rings is 1. The second-order valence-corrected chi connectivity index (χ2v) is 4.87. The Labute approximate surface area is 113 Å². The lowest BCUT2D eigenvalue weighted by Gasteiger charge is -2.06. The van der Waals surface area contributed by atoms with E-state index >= 15 is 0 Å². The molecule has 1 atom stereocenters. The summed E-state index contributed by atoms with van der Waals surface area (Å²) in [5.41, 5.74) is 7.78. The first-order chi connectivity index (χ1) is 9.15. The molecule has 0 spiro atoms. The van der Waals surface area contributed by atoms with Gasteiger partial charge >= 0.3 is 0 Å². The van der Waals surface area contributed by atoms with E-state index in [1.54, 1.807) is 0 Å². The van der Waals surface area contributed by atoms with Crippen LogP contribution in [0.2, 0.25) is 0 Å². The van der Waals surface area contributed by atoms with Gasteiger partial charge in [-0.2, -0.15) is 5.10 Å². The van der Waals surface area contributed by atoms with Crippen molar-refractivity contribution in [2.45, 2.75) is 45.7 Å². The number of fused-ring (bicyclic) bond motifs is 1. The number of para-hydroxylation sites is 1. The molecule has 0 fully saturated rings. The summed E-state index contributed by atoms with van der Waals surface area (Å²) >= 11 is 0. The van der Waals surface area contributed by atoms with Crippen molar-refractivity contribution in [3.63, 3.8) is 0 Å². The molecule has 0 aliphatic carbocycles. The number of nitrogens with zero attached hydrogens (tertiary/aromatic N) is 2. The van der Waals surface area contributed by atoms with E-state index in [1.807, 2.05) is 35.9 Å². The zero-order valence-corrected chi connectivity index (χ0v) is 11.6. The van der Waals surface area contributed by atoms with Crippen LogP contribution in [0, 0.1) is 0 Å². The van der Waals surface area contributed by atoms with Crippen LogP contribution in [0.15, 0.2) is 24.3 Å². The Balaban J connectivity index is 2.23. The van der Waals surface area contributed by atoms with Gasteiger partial charge in [-0.25, -0.2) is 0 Å². The lowest BCUT2D eigenvalue weighted by Crippen LogP contribution is -2.23. The molecule has 4 nitrogen and oxygen atoms in total. The largest absolute Gasteiger partial charge is 0.327 e. The molecule has 102 valence electrons. The summed E-state index contributed by atoms with van der Waals surface area (Å²) in [4.78, 5) is 12.0. The highest BCUT2D eigenvalue weighted by Gasteiger charge is 2.14. The van der Waals surface area contributed by atoms with Gasteiger partial charge in [-0.05, 0) is 19.4 Å². The number of carbonyl (C=O) groups excluding carboxylic acids is 1. The van der Waals surface area contributed by atoms with Crippen molar-refractivity contribution in [2.24, 2.45) is 5.73 Å². The fourth-order valence-electron chi connectivity index (χ4n) is 2.26. The predicted molar refractivity (Wildman–Crippen MR) is 77.0 cm³/mol. The molecule has 1 heterocycles. The van der Waals surface area contributed by atoms with E-state index in [1.165, 1.54) is 0 Å². The maximum absolute atomic E-state index is 12.0. The van der Waals surface area contributed by atoms with Crippen molar-refractivity contribution < 1.29 is 4.79 Å². The van der Waals surface area contributed by atoms with Crippen molar-refractivity contribution >= 4 is 16.7 Å². The van der Waals surface area contributed by atoms with Gasteiger partial charge in [0.15, 0.2) is 0 Å². The smallest absolute Gasteiger partial charge is 0.140 e. The lowest BCUT2D eigenvalue weighted by atomic mass is 10.0. The molecule has 0 aliphatic heterocycles. The van der Waals surface area contributed by atoms with E-state index in [-0.39, 0.29) is 11.8 Å². The Morgan fingerprint density at radius 2 is 2.11 bits per heavy atom. The summed E-state index contributed by atoms with van der Waals surface area (Å²) in [5.74, 6) is 0.167. The van der Waals surface area contributed by atoms with Crippen molar-refractivity contribution in [3.05, 3.63) is 30.0 Å². The Morgan fingerprint density at radius 1 is 1.37 bits per heavy atom. The molecule has 0 amide bonds. The summed E-state index contributed by atoms with van der Waals surface area (Å²) in [7, 11) is 0. The third-order valence-corrected chi connectivity index (χ3v) is 3.41. The fraction of sp³-hybridized carbons (Fsp3) is 0.467. The Kier molecular flexibility index (Phi) is 4.32. The number of nitrogens with two attached hydrogens (primary N) is 1. The fourth-order valence-corrected chi connectivity index (χ4v) is 2.26. The van der Waals surface area contributed by atoms with E-state index < -0.39 is 0 Å². The van der Waals surface area contributed by atoms with Gasteiger partial charge in [0, 0.05) is 24.4 Å². The summed E-state index contributed by atoms with van der Waals surface area (Å²) in [6.07, 6.45) is 1.64. The Bertz CT molecular complexity index is 574. The predicted octanol–water partition coefficient (Wildman–Crippen LogP) is 2.30. The lowest BCUT2D eigenvalue weighted by molar-refractivity contribution is -0.118. The highest BCUT2D eigenvalue weighted by molar-refractivity contribution is 5.88. The molecule has 0 aliphatic rings. The molecule has 1 unspecified atom stereocenters. The highest BCUT2D eigenvalue weighted by atomic mass is 16.1. The first-order valence-electron chi connectivity index (χ1n) is 6.87. The first kappa shape index (κ1) is 13.7. The minimum Gasteiger partial charge on any atom is -0.327 e. The van der Waals surface area contributed by atoms with Crippen LogP contribution in [-0.2, 0) is 17.8 Å². The van der Waals surface area contributed by atoms with E-state index in [2.05, 4.69) is 12.0 Å². The third-order valence-electron chi connectivity index (χ3n) is 3.41. The van der Waals surface area contributed by atoms with Crippen molar-refractivity contribution in [1.29, 1.82) is 0 Å². The number of carbonyl (C=O) groups is 1. The summed E-state index contributed by atoms with van der Waals surface area (Å²) in [6.45, 7) is 4.86. The van der Waals surface area contributed by atoms with Crippen LogP contribution in [0.3, 0.4) is 0 Å². The quantitative estimate of drug-likeness (QED) is 0.865. The number of aryl methyl sites for hydroxylation is 1. The van der Waals surface area contributed by atoms with Gasteiger partial charge in [0.2, 0.25) is 0 Å². The zero-order valence-electron chi connectivity index (χ0n) is 11.6. The van der Waals surface area contributed by atoms with Gasteiger partial charge in [0.1, 0.15) is 5.78 Å². The summed E-state index contributed by atoms with van der Waals surface area (Å²) in [6, 6.07) is 8.01. The molecule has 2 aromatic rings. The monoisotopic (exact) mass is 259 g/mol. The molecular formula is C15H21N3O. The number of Topliss-reactive ketones (excluding diaryl/α,β-unsaturated/α-hetero) is 1. The van der Waals surface area contributed by atoms with Crippen molar-refractivity contribution in [3.8, 4) is 0 Å². The number of ketones is 1. The summed E-state index contributed by atoms with van der Waals surface area (Å²) in [5, 5.41) is 5.61. The van der Waals surface area contributed by atoms with E-state index in [0.29, 0.717) is 12.8 Å². The summed E-state index contributed by atoms with van der Waals surface area (Å²) < 4.78 is 1.94. The minimum absolute atomic E-state index is 0.0352. The molecule has 19 heavy (non-hydrogen) atoms. The van der Waals surface area contributed by atoms with Crippen LogP contribution >= 0.6 is 0 Å². The highest BCUT2D eigenvalue weighted by Crippen LogP contribution is 2.19.